The summed E-state index contributed by atoms with van der Waals surface area (Å²) >= 11 is 0. The molecule has 0 saturated carbocycles. The molecule has 0 amide bonds. The zero-order chi connectivity index (χ0) is 8.32. The van der Waals surface area contributed by atoms with Gasteiger partial charge in [0.15, 0.2) is 0 Å². The van der Waals surface area contributed by atoms with Gasteiger partial charge in [0, 0.05) is 20.2 Å². The Morgan fingerprint density at radius 1 is 1.64 bits per heavy atom. The van der Waals surface area contributed by atoms with Gasteiger partial charge in [-0.2, -0.15) is 0 Å². The second kappa shape index (κ2) is 3.52. The first-order chi connectivity index (χ1) is 5.14. The Morgan fingerprint density at radius 2 is 2.36 bits per heavy atom. The van der Waals surface area contributed by atoms with Crippen molar-refractivity contribution in [1.82, 2.24) is 5.32 Å². The molecule has 0 aromatic carbocycles. The minimum atomic E-state index is -0.0402. The van der Waals surface area contributed by atoms with Crippen LogP contribution in [0.3, 0.4) is 0 Å². The minimum Gasteiger partial charge on any atom is -0.382 e. The first kappa shape index (κ1) is 8.97. The SMILES string of the molecule is COCC1CNCC(C)(C)O1. The molecule has 11 heavy (non-hydrogen) atoms. The van der Waals surface area contributed by atoms with Gasteiger partial charge in [0.25, 0.3) is 0 Å². The number of rotatable bonds is 2. The first-order valence-corrected chi connectivity index (χ1v) is 4.01. The Morgan fingerprint density at radius 3 is 2.91 bits per heavy atom. The van der Waals surface area contributed by atoms with E-state index in [0.717, 1.165) is 13.1 Å². The summed E-state index contributed by atoms with van der Waals surface area (Å²) in [7, 11) is 1.70. The van der Waals surface area contributed by atoms with Crippen LogP contribution >= 0.6 is 0 Å². The van der Waals surface area contributed by atoms with E-state index in [2.05, 4.69) is 19.2 Å². The molecule has 1 unspecified atom stereocenters. The number of methoxy groups -OCH3 is 1. The van der Waals surface area contributed by atoms with Crippen LogP contribution in [0.1, 0.15) is 13.8 Å². The van der Waals surface area contributed by atoms with Crippen molar-refractivity contribution in [3.05, 3.63) is 0 Å². The van der Waals surface area contributed by atoms with Gasteiger partial charge in [-0.1, -0.05) is 0 Å². The number of hydrogen-bond donors (Lipinski definition) is 1. The highest BCUT2D eigenvalue weighted by Gasteiger charge is 2.27. The molecule has 1 aliphatic heterocycles. The molecule has 0 bridgehead atoms. The van der Waals surface area contributed by atoms with Crippen LogP contribution in [0.4, 0.5) is 0 Å². The zero-order valence-corrected chi connectivity index (χ0v) is 7.52. The van der Waals surface area contributed by atoms with Gasteiger partial charge < -0.3 is 14.8 Å². The lowest BCUT2D eigenvalue weighted by Crippen LogP contribution is -2.51. The van der Waals surface area contributed by atoms with Crippen molar-refractivity contribution in [3.8, 4) is 0 Å². The summed E-state index contributed by atoms with van der Waals surface area (Å²) in [5.41, 5.74) is -0.0402. The molecule has 1 saturated heterocycles. The standard InChI is InChI=1S/C8H17NO2/c1-8(2)6-9-4-7(11-8)5-10-3/h7,9H,4-6H2,1-3H3. The lowest BCUT2D eigenvalue weighted by molar-refractivity contribution is -0.115. The Labute approximate surface area is 68.1 Å². The summed E-state index contributed by atoms with van der Waals surface area (Å²) in [4.78, 5) is 0. The first-order valence-electron chi connectivity index (χ1n) is 4.01. The third kappa shape index (κ3) is 2.77. The molecule has 3 heteroatoms. The predicted molar refractivity (Wildman–Crippen MR) is 43.7 cm³/mol. The maximum atomic E-state index is 5.73. The number of morpholine rings is 1. The van der Waals surface area contributed by atoms with Crippen LogP contribution in [0, 0.1) is 0 Å². The van der Waals surface area contributed by atoms with Crippen molar-refractivity contribution < 1.29 is 9.47 Å². The Kier molecular flexibility index (Phi) is 2.87. The highest BCUT2D eigenvalue weighted by Crippen LogP contribution is 2.14. The molecule has 1 rings (SSSR count). The molecule has 0 aliphatic carbocycles. The summed E-state index contributed by atoms with van der Waals surface area (Å²) in [6, 6.07) is 0. The molecule has 66 valence electrons. The van der Waals surface area contributed by atoms with Gasteiger partial charge in [-0.15, -0.1) is 0 Å². The van der Waals surface area contributed by atoms with Gasteiger partial charge in [-0.25, -0.2) is 0 Å². The summed E-state index contributed by atoms with van der Waals surface area (Å²) in [6.45, 7) is 6.67. The molecule has 1 heterocycles. The van der Waals surface area contributed by atoms with Crippen molar-refractivity contribution in [2.24, 2.45) is 0 Å². The zero-order valence-electron chi connectivity index (χ0n) is 7.52. The van der Waals surface area contributed by atoms with Crippen LogP contribution in [0.15, 0.2) is 0 Å². The lowest BCUT2D eigenvalue weighted by Gasteiger charge is -2.36. The fraction of sp³-hybridized carbons (Fsp3) is 1.00. The van der Waals surface area contributed by atoms with Crippen LogP contribution in [0.25, 0.3) is 0 Å². The molecule has 0 aromatic heterocycles. The van der Waals surface area contributed by atoms with E-state index in [4.69, 9.17) is 9.47 Å². The monoisotopic (exact) mass is 159 g/mol. The number of ether oxygens (including phenoxy) is 2. The van der Waals surface area contributed by atoms with Crippen LogP contribution in [0.5, 0.6) is 0 Å². The Balaban J connectivity index is 2.34. The van der Waals surface area contributed by atoms with Crippen LogP contribution in [-0.2, 0) is 9.47 Å². The average molecular weight is 159 g/mol. The minimum absolute atomic E-state index is 0.0402. The van der Waals surface area contributed by atoms with E-state index in [-0.39, 0.29) is 11.7 Å². The summed E-state index contributed by atoms with van der Waals surface area (Å²) in [5.74, 6) is 0. The van der Waals surface area contributed by atoms with Gasteiger partial charge in [0.2, 0.25) is 0 Å². The van der Waals surface area contributed by atoms with E-state index < -0.39 is 0 Å². The van der Waals surface area contributed by atoms with E-state index in [0.29, 0.717) is 6.61 Å². The number of nitrogens with one attached hydrogen (secondary N) is 1. The fourth-order valence-corrected chi connectivity index (χ4v) is 1.35. The lowest BCUT2D eigenvalue weighted by atomic mass is 10.1. The second-order valence-electron chi connectivity index (χ2n) is 3.59. The third-order valence-electron chi connectivity index (χ3n) is 1.76. The smallest absolute Gasteiger partial charge is 0.0940 e. The van der Waals surface area contributed by atoms with Gasteiger partial charge >= 0.3 is 0 Å². The molecule has 1 fully saturated rings. The maximum absolute atomic E-state index is 5.73. The molecule has 0 spiro atoms. The topological polar surface area (TPSA) is 30.5 Å². The van der Waals surface area contributed by atoms with Crippen LogP contribution < -0.4 is 5.32 Å². The molecule has 0 radical (unpaired) electrons. The average Bonchev–Trinajstić information content (AvgIpc) is 1.85. The maximum Gasteiger partial charge on any atom is 0.0940 e. The molecule has 1 atom stereocenters. The third-order valence-corrected chi connectivity index (χ3v) is 1.76. The van der Waals surface area contributed by atoms with E-state index in [9.17, 15) is 0 Å². The highest BCUT2D eigenvalue weighted by molar-refractivity contribution is 4.80. The summed E-state index contributed by atoms with van der Waals surface area (Å²) in [6.07, 6.45) is 0.212. The van der Waals surface area contributed by atoms with Crippen molar-refractivity contribution in [3.63, 3.8) is 0 Å². The summed E-state index contributed by atoms with van der Waals surface area (Å²) < 4.78 is 10.7. The van der Waals surface area contributed by atoms with Gasteiger partial charge in [0.1, 0.15) is 0 Å². The van der Waals surface area contributed by atoms with Gasteiger partial charge in [0.05, 0.1) is 18.3 Å². The van der Waals surface area contributed by atoms with Crippen molar-refractivity contribution in [1.29, 1.82) is 0 Å². The van der Waals surface area contributed by atoms with Crippen molar-refractivity contribution >= 4 is 0 Å². The molecular formula is C8H17NO2. The molecular weight excluding hydrogens is 142 g/mol. The quantitative estimate of drug-likeness (QED) is 0.632. The normalized spacial score (nSPS) is 30.3. The Bertz CT molecular complexity index is 123. The van der Waals surface area contributed by atoms with Gasteiger partial charge in [-0.05, 0) is 13.8 Å². The predicted octanol–water partition coefficient (Wildman–Crippen LogP) is 0.400. The molecule has 0 aromatic rings. The largest absolute Gasteiger partial charge is 0.382 e. The summed E-state index contributed by atoms with van der Waals surface area (Å²) in [5, 5.41) is 3.30. The Hall–Kier alpha value is -0.120. The molecule has 3 nitrogen and oxygen atoms in total. The second-order valence-corrected chi connectivity index (χ2v) is 3.59. The number of hydrogen-bond acceptors (Lipinski definition) is 3. The van der Waals surface area contributed by atoms with Crippen LogP contribution in [0.2, 0.25) is 0 Å². The van der Waals surface area contributed by atoms with Gasteiger partial charge in [-0.3, -0.25) is 0 Å². The highest BCUT2D eigenvalue weighted by atomic mass is 16.5. The molecule has 1 aliphatic rings. The molecule has 1 N–H and O–H groups in total. The van der Waals surface area contributed by atoms with E-state index in [1.165, 1.54) is 0 Å². The van der Waals surface area contributed by atoms with Crippen LogP contribution in [-0.4, -0.2) is 38.5 Å². The van der Waals surface area contributed by atoms with E-state index in [1.807, 2.05) is 0 Å². The fourth-order valence-electron chi connectivity index (χ4n) is 1.35. The van der Waals surface area contributed by atoms with Crippen molar-refractivity contribution in [2.45, 2.75) is 25.6 Å². The van der Waals surface area contributed by atoms with E-state index >= 15 is 0 Å². The van der Waals surface area contributed by atoms with Crippen molar-refractivity contribution in [2.75, 3.05) is 26.8 Å². The van der Waals surface area contributed by atoms with E-state index in [1.54, 1.807) is 7.11 Å².